The lowest BCUT2D eigenvalue weighted by atomic mass is 10.2. The second kappa shape index (κ2) is 8.97. The van der Waals surface area contributed by atoms with Gasteiger partial charge in [0.05, 0.1) is 18.1 Å². The summed E-state index contributed by atoms with van der Waals surface area (Å²) in [6.07, 6.45) is 2.48. The van der Waals surface area contributed by atoms with E-state index in [0.717, 1.165) is 23.2 Å². The molecule has 2 N–H and O–H groups in total. The lowest BCUT2D eigenvalue weighted by Crippen LogP contribution is -2.31. The van der Waals surface area contributed by atoms with Crippen LogP contribution in [0.1, 0.15) is 15.2 Å². The summed E-state index contributed by atoms with van der Waals surface area (Å²) in [5, 5.41) is 3.19. The lowest BCUT2D eigenvalue weighted by molar-refractivity contribution is 0.103. The number of thiazole rings is 1. The van der Waals surface area contributed by atoms with Crippen LogP contribution in [0.4, 0.5) is 21.3 Å². The number of carbonyl (C=O) groups is 2. The first-order valence-corrected chi connectivity index (χ1v) is 12.4. The number of anilines is 3. The first-order chi connectivity index (χ1) is 15.3. The fourth-order valence-corrected chi connectivity index (χ4v) is 4.66. The van der Waals surface area contributed by atoms with Crippen molar-refractivity contribution in [2.75, 3.05) is 34.3 Å². The van der Waals surface area contributed by atoms with Gasteiger partial charge in [0.2, 0.25) is 10.0 Å². The molecule has 4 rings (SSSR count). The van der Waals surface area contributed by atoms with E-state index in [0.29, 0.717) is 41.0 Å². The highest BCUT2D eigenvalue weighted by Gasteiger charge is 2.31. The van der Waals surface area contributed by atoms with Crippen LogP contribution in [0.25, 0.3) is 0 Å². The molecule has 9 nitrogen and oxygen atoms in total. The number of hydrogen-bond acceptors (Lipinski definition) is 6. The lowest BCUT2D eigenvalue weighted by Gasteiger charge is -2.16. The topological polar surface area (TPSA) is 112 Å². The number of urea groups is 1. The van der Waals surface area contributed by atoms with Crippen LogP contribution in [-0.2, 0) is 16.6 Å². The summed E-state index contributed by atoms with van der Waals surface area (Å²) in [7, 11) is -3.42. The molecule has 1 aliphatic rings. The van der Waals surface area contributed by atoms with Crippen LogP contribution in [0.15, 0.2) is 60.8 Å². The van der Waals surface area contributed by atoms with E-state index in [1.807, 2.05) is 30.3 Å². The normalized spacial score (nSPS) is 14.0. The molecule has 3 amide bonds. The SMILES string of the molecule is CS(=O)(=O)Nc1cccc(NC(=O)c2cnc(N3CCN(Cc4ccccc4)C3=O)s2)c1. The summed E-state index contributed by atoms with van der Waals surface area (Å²) < 4.78 is 25.2. The Morgan fingerprint density at radius 1 is 1.09 bits per heavy atom. The minimum absolute atomic E-state index is 0.144. The summed E-state index contributed by atoms with van der Waals surface area (Å²) in [4.78, 5) is 33.4. The maximum absolute atomic E-state index is 12.8. The van der Waals surface area contributed by atoms with Crippen molar-refractivity contribution >= 4 is 49.8 Å². The van der Waals surface area contributed by atoms with E-state index in [1.165, 1.54) is 12.3 Å². The minimum atomic E-state index is -3.42. The molecule has 0 unspecified atom stereocenters. The third-order valence-corrected chi connectivity index (χ3v) is 6.31. The van der Waals surface area contributed by atoms with Crippen LogP contribution in [-0.4, -0.2) is 49.6 Å². The van der Waals surface area contributed by atoms with Gasteiger partial charge in [-0.3, -0.25) is 14.4 Å². The number of sulfonamides is 1. The first kappa shape index (κ1) is 21.8. The number of carbonyl (C=O) groups excluding carboxylic acids is 2. The van der Waals surface area contributed by atoms with Crippen molar-refractivity contribution in [3.63, 3.8) is 0 Å². The molecule has 1 fully saturated rings. The average Bonchev–Trinajstić information content (AvgIpc) is 3.35. The van der Waals surface area contributed by atoms with E-state index in [4.69, 9.17) is 0 Å². The highest BCUT2D eigenvalue weighted by Crippen LogP contribution is 2.27. The molecule has 11 heteroatoms. The molecule has 0 atom stereocenters. The van der Waals surface area contributed by atoms with Gasteiger partial charge in [0.25, 0.3) is 5.91 Å². The van der Waals surface area contributed by atoms with Crippen molar-refractivity contribution in [1.29, 1.82) is 0 Å². The quantitative estimate of drug-likeness (QED) is 0.550. The molecule has 0 radical (unpaired) electrons. The van der Waals surface area contributed by atoms with Gasteiger partial charge >= 0.3 is 6.03 Å². The Morgan fingerprint density at radius 2 is 1.84 bits per heavy atom. The van der Waals surface area contributed by atoms with Gasteiger partial charge < -0.3 is 10.2 Å². The Hall–Kier alpha value is -3.44. The van der Waals surface area contributed by atoms with Crippen LogP contribution in [0.5, 0.6) is 0 Å². The molecule has 2 heterocycles. The van der Waals surface area contributed by atoms with E-state index in [-0.39, 0.29) is 6.03 Å². The van der Waals surface area contributed by atoms with Gasteiger partial charge in [0.15, 0.2) is 5.13 Å². The highest BCUT2D eigenvalue weighted by molar-refractivity contribution is 7.92. The number of nitrogens with zero attached hydrogens (tertiary/aromatic N) is 3. The smallest absolute Gasteiger partial charge is 0.321 e. The number of amides is 3. The molecule has 0 aliphatic carbocycles. The molecular weight excluding hydrogens is 450 g/mol. The zero-order valence-corrected chi connectivity index (χ0v) is 18.8. The van der Waals surface area contributed by atoms with Gasteiger partial charge in [-0.05, 0) is 23.8 Å². The molecule has 3 aromatic rings. The third-order valence-electron chi connectivity index (χ3n) is 4.68. The zero-order chi connectivity index (χ0) is 22.7. The van der Waals surface area contributed by atoms with Gasteiger partial charge in [-0.2, -0.15) is 0 Å². The Bertz CT molecular complexity index is 1240. The number of nitrogens with one attached hydrogen (secondary N) is 2. The van der Waals surface area contributed by atoms with E-state index in [9.17, 15) is 18.0 Å². The number of benzene rings is 2. The zero-order valence-electron chi connectivity index (χ0n) is 17.2. The molecule has 0 spiro atoms. The van der Waals surface area contributed by atoms with E-state index in [2.05, 4.69) is 15.0 Å². The maximum atomic E-state index is 12.8. The molecule has 1 aliphatic heterocycles. The summed E-state index contributed by atoms with van der Waals surface area (Å²) in [5.41, 5.74) is 1.83. The van der Waals surface area contributed by atoms with Crippen LogP contribution in [0.2, 0.25) is 0 Å². The van der Waals surface area contributed by atoms with Crippen LogP contribution < -0.4 is 14.9 Å². The van der Waals surface area contributed by atoms with Gasteiger partial charge in [-0.25, -0.2) is 18.2 Å². The summed E-state index contributed by atoms with van der Waals surface area (Å²) in [5.74, 6) is -0.391. The minimum Gasteiger partial charge on any atom is -0.321 e. The summed E-state index contributed by atoms with van der Waals surface area (Å²) in [6, 6.07) is 16.0. The van der Waals surface area contributed by atoms with Crippen molar-refractivity contribution < 1.29 is 18.0 Å². The molecule has 2 aromatic carbocycles. The Labute approximate surface area is 189 Å². The summed E-state index contributed by atoms with van der Waals surface area (Å²) in [6.45, 7) is 1.60. The number of rotatable bonds is 7. The molecule has 0 saturated carbocycles. The van der Waals surface area contributed by atoms with Crippen molar-refractivity contribution in [3.05, 3.63) is 71.2 Å². The molecule has 0 bridgehead atoms. The molecule has 1 saturated heterocycles. The Balaban J connectivity index is 1.41. The second-order valence-electron chi connectivity index (χ2n) is 7.26. The fourth-order valence-electron chi connectivity index (χ4n) is 3.27. The average molecular weight is 472 g/mol. The van der Waals surface area contributed by atoms with Gasteiger partial charge in [-0.15, -0.1) is 0 Å². The van der Waals surface area contributed by atoms with Gasteiger partial charge in [-0.1, -0.05) is 47.7 Å². The van der Waals surface area contributed by atoms with Crippen molar-refractivity contribution in [2.24, 2.45) is 0 Å². The van der Waals surface area contributed by atoms with Gasteiger partial charge in [0, 0.05) is 25.3 Å². The van der Waals surface area contributed by atoms with Crippen LogP contribution in [0.3, 0.4) is 0 Å². The number of aromatic nitrogens is 1. The Morgan fingerprint density at radius 3 is 2.59 bits per heavy atom. The first-order valence-electron chi connectivity index (χ1n) is 9.74. The van der Waals surface area contributed by atoms with E-state index in [1.54, 1.807) is 28.0 Å². The number of hydrogen-bond donors (Lipinski definition) is 2. The van der Waals surface area contributed by atoms with Crippen molar-refractivity contribution in [3.8, 4) is 0 Å². The monoisotopic (exact) mass is 471 g/mol. The third kappa shape index (κ3) is 5.24. The molecule has 166 valence electrons. The van der Waals surface area contributed by atoms with Gasteiger partial charge in [0.1, 0.15) is 4.88 Å². The van der Waals surface area contributed by atoms with E-state index < -0.39 is 15.9 Å². The second-order valence-corrected chi connectivity index (χ2v) is 10.0. The molecule has 32 heavy (non-hydrogen) atoms. The molecular formula is C21H21N5O4S2. The predicted octanol–water partition coefficient (Wildman–Crippen LogP) is 3.21. The summed E-state index contributed by atoms with van der Waals surface area (Å²) >= 11 is 1.13. The fraction of sp³-hybridized carbons (Fsp3) is 0.190. The maximum Gasteiger partial charge on any atom is 0.326 e. The van der Waals surface area contributed by atoms with Crippen molar-refractivity contribution in [2.45, 2.75) is 6.54 Å². The Kier molecular flexibility index (Phi) is 6.10. The van der Waals surface area contributed by atoms with Crippen LogP contribution >= 0.6 is 11.3 Å². The van der Waals surface area contributed by atoms with E-state index >= 15 is 0 Å². The standard InChI is InChI=1S/C21H21N5O4S2/c1-32(29,30)24-17-9-5-8-16(12-17)23-19(27)18-13-22-20(31-18)26-11-10-25(21(26)28)14-15-6-3-2-4-7-15/h2-9,12-13,24H,10-11,14H2,1H3,(H,23,27). The molecule has 1 aromatic heterocycles. The predicted molar refractivity (Wildman–Crippen MR) is 125 cm³/mol. The van der Waals surface area contributed by atoms with Crippen molar-refractivity contribution in [1.82, 2.24) is 9.88 Å². The highest BCUT2D eigenvalue weighted by atomic mass is 32.2. The van der Waals surface area contributed by atoms with Crippen LogP contribution in [0, 0.1) is 0 Å². The largest absolute Gasteiger partial charge is 0.326 e.